The quantitative estimate of drug-likeness (QED) is 0.855. The van der Waals surface area contributed by atoms with Gasteiger partial charge in [0.1, 0.15) is 17.6 Å². The van der Waals surface area contributed by atoms with Crippen molar-refractivity contribution in [2.75, 3.05) is 6.54 Å². The molecule has 0 saturated carbocycles. The maximum atomic E-state index is 9.25. The zero-order valence-corrected chi connectivity index (χ0v) is 12.0. The van der Waals surface area contributed by atoms with Crippen LogP contribution in [-0.2, 0) is 13.2 Å². The Morgan fingerprint density at radius 1 is 1.14 bits per heavy atom. The van der Waals surface area contributed by atoms with E-state index in [2.05, 4.69) is 11.4 Å². The number of nitriles is 1. The third-order valence-corrected chi connectivity index (χ3v) is 3.08. The molecule has 0 aliphatic carbocycles. The average Bonchev–Trinajstić information content (AvgIpc) is 2.54. The first-order valence-corrected chi connectivity index (χ1v) is 6.88. The van der Waals surface area contributed by atoms with E-state index in [1.807, 2.05) is 25.1 Å². The third-order valence-electron chi connectivity index (χ3n) is 3.08. The Balaban J connectivity index is 2.17. The Morgan fingerprint density at radius 2 is 1.86 bits per heavy atom. The molecule has 4 nitrogen and oxygen atoms in total. The van der Waals surface area contributed by atoms with Gasteiger partial charge in [0, 0.05) is 6.54 Å². The van der Waals surface area contributed by atoms with E-state index in [0.717, 1.165) is 24.2 Å². The molecular formula is C17H18N2O2. The minimum atomic E-state index is 0.00283. The number of hydrogen-bond acceptors (Lipinski definition) is 4. The second-order valence-corrected chi connectivity index (χ2v) is 4.63. The molecule has 0 unspecified atom stereocenters. The molecule has 0 spiro atoms. The van der Waals surface area contributed by atoms with Gasteiger partial charge >= 0.3 is 0 Å². The lowest BCUT2D eigenvalue weighted by molar-refractivity contribution is 0.281. The van der Waals surface area contributed by atoms with E-state index in [1.165, 1.54) is 0 Å². The maximum Gasteiger partial charge on any atom is 0.145 e. The van der Waals surface area contributed by atoms with Gasteiger partial charge in [-0.15, -0.1) is 0 Å². The lowest BCUT2D eigenvalue weighted by atomic mass is 10.1. The smallest absolute Gasteiger partial charge is 0.145 e. The molecule has 2 rings (SSSR count). The largest absolute Gasteiger partial charge is 0.456 e. The van der Waals surface area contributed by atoms with Crippen LogP contribution >= 0.6 is 0 Å². The SMILES string of the molecule is CCNCc1ccc(Oc2ccc(CO)cc2)c(C#N)c1. The van der Waals surface area contributed by atoms with Crippen LogP contribution in [0.25, 0.3) is 0 Å². The molecule has 21 heavy (non-hydrogen) atoms. The van der Waals surface area contributed by atoms with Crippen LogP contribution in [-0.4, -0.2) is 11.7 Å². The van der Waals surface area contributed by atoms with Crippen molar-refractivity contribution in [2.45, 2.75) is 20.1 Å². The molecule has 0 bridgehead atoms. The van der Waals surface area contributed by atoms with Gasteiger partial charge < -0.3 is 15.2 Å². The number of benzene rings is 2. The highest BCUT2D eigenvalue weighted by molar-refractivity contribution is 5.47. The van der Waals surface area contributed by atoms with Crippen molar-refractivity contribution in [3.63, 3.8) is 0 Å². The van der Waals surface area contributed by atoms with Crippen molar-refractivity contribution in [1.82, 2.24) is 5.32 Å². The summed E-state index contributed by atoms with van der Waals surface area (Å²) < 4.78 is 5.73. The van der Waals surface area contributed by atoms with Crippen LogP contribution in [0, 0.1) is 11.3 Å². The normalized spacial score (nSPS) is 10.1. The molecule has 2 aromatic rings. The number of aliphatic hydroxyl groups is 1. The van der Waals surface area contributed by atoms with Crippen molar-refractivity contribution >= 4 is 0 Å². The predicted octanol–water partition coefficient (Wildman–Crippen LogP) is 2.95. The zero-order valence-electron chi connectivity index (χ0n) is 12.0. The molecule has 108 valence electrons. The minimum absolute atomic E-state index is 0.00283. The molecule has 0 aliphatic heterocycles. The van der Waals surface area contributed by atoms with Crippen molar-refractivity contribution in [3.8, 4) is 17.6 Å². The second-order valence-electron chi connectivity index (χ2n) is 4.63. The summed E-state index contributed by atoms with van der Waals surface area (Å²) >= 11 is 0. The summed E-state index contributed by atoms with van der Waals surface area (Å²) in [5, 5.41) is 21.5. The highest BCUT2D eigenvalue weighted by atomic mass is 16.5. The number of aliphatic hydroxyl groups excluding tert-OH is 1. The van der Waals surface area contributed by atoms with Crippen LogP contribution in [0.2, 0.25) is 0 Å². The lowest BCUT2D eigenvalue weighted by Gasteiger charge is -2.10. The van der Waals surface area contributed by atoms with E-state index in [0.29, 0.717) is 17.1 Å². The summed E-state index contributed by atoms with van der Waals surface area (Å²) in [5.74, 6) is 1.18. The Labute approximate surface area is 124 Å². The Hall–Kier alpha value is -2.35. The first-order valence-electron chi connectivity index (χ1n) is 6.88. The number of ether oxygens (including phenoxy) is 1. The number of rotatable bonds is 6. The average molecular weight is 282 g/mol. The van der Waals surface area contributed by atoms with E-state index >= 15 is 0 Å². The first kappa shape index (κ1) is 15.0. The molecule has 0 atom stereocenters. The second kappa shape index (κ2) is 7.44. The monoisotopic (exact) mass is 282 g/mol. The molecule has 0 aromatic heterocycles. The molecule has 0 saturated heterocycles. The van der Waals surface area contributed by atoms with Gasteiger partial charge in [-0.2, -0.15) is 5.26 Å². The number of hydrogen-bond donors (Lipinski definition) is 2. The molecule has 0 heterocycles. The standard InChI is InChI=1S/C17H18N2O2/c1-2-19-11-14-5-8-17(15(9-14)10-18)21-16-6-3-13(12-20)4-7-16/h3-9,19-20H,2,11-12H2,1H3. The van der Waals surface area contributed by atoms with Gasteiger partial charge in [0.15, 0.2) is 0 Å². The highest BCUT2D eigenvalue weighted by Crippen LogP contribution is 2.26. The molecule has 0 fully saturated rings. The van der Waals surface area contributed by atoms with Crippen LogP contribution in [0.3, 0.4) is 0 Å². The molecule has 0 amide bonds. The Bertz CT molecular complexity index is 630. The van der Waals surface area contributed by atoms with E-state index in [4.69, 9.17) is 9.84 Å². The van der Waals surface area contributed by atoms with Crippen LogP contribution in [0.5, 0.6) is 11.5 Å². The van der Waals surface area contributed by atoms with Crippen LogP contribution in [0.4, 0.5) is 0 Å². The fourth-order valence-electron chi connectivity index (χ4n) is 1.92. The highest BCUT2D eigenvalue weighted by Gasteiger charge is 2.06. The van der Waals surface area contributed by atoms with Gasteiger partial charge in [-0.1, -0.05) is 25.1 Å². The third kappa shape index (κ3) is 4.06. The van der Waals surface area contributed by atoms with Crippen molar-refractivity contribution in [1.29, 1.82) is 5.26 Å². The fraction of sp³-hybridized carbons (Fsp3) is 0.235. The number of nitrogens with zero attached hydrogens (tertiary/aromatic N) is 1. The van der Waals surface area contributed by atoms with Gasteiger partial charge in [0.25, 0.3) is 0 Å². The lowest BCUT2D eigenvalue weighted by Crippen LogP contribution is -2.11. The molecule has 4 heteroatoms. The molecule has 2 aromatic carbocycles. The van der Waals surface area contributed by atoms with Gasteiger partial charge in [0.2, 0.25) is 0 Å². The predicted molar refractivity (Wildman–Crippen MR) is 81.0 cm³/mol. The Kier molecular flexibility index (Phi) is 5.33. The van der Waals surface area contributed by atoms with Gasteiger partial charge in [-0.3, -0.25) is 0 Å². The summed E-state index contributed by atoms with van der Waals surface area (Å²) in [6, 6.07) is 14.9. The van der Waals surface area contributed by atoms with Gasteiger partial charge in [-0.05, 0) is 41.9 Å². The first-order chi connectivity index (χ1) is 10.3. The summed E-state index contributed by atoms with van der Waals surface area (Å²) in [6.45, 7) is 3.66. The Morgan fingerprint density at radius 3 is 2.48 bits per heavy atom. The summed E-state index contributed by atoms with van der Waals surface area (Å²) in [7, 11) is 0. The molecule has 0 radical (unpaired) electrons. The van der Waals surface area contributed by atoms with Crippen molar-refractivity contribution in [3.05, 3.63) is 59.2 Å². The van der Waals surface area contributed by atoms with Gasteiger partial charge in [-0.25, -0.2) is 0 Å². The van der Waals surface area contributed by atoms with Crippen molar-refractivity contribution < 1.29 is 9.84 Å². The minimum Gasteiger partial charge on any atom is -0.456 e. The van der Waals surface area contributed by atoms with E-state index in [9.17, 15) is 5.26 Å². The molecule has 0 aliphatic rings. The molecular weight excluding hydrogens is 264 g/mol. The van der Waals surface area contributed by atoms with E-state index in [-0.39, 0.29) is 6.61 Å². The number of nitrogens with one attached hydrogen (secondary N) is 1. The topological polar surface area (TPSA) is 65.3 Å². The maximum absolute atomic E-state index is 9.25. The van der Waals surface area contributed by atoms with Crippen LogP contribution < -0.4 is 10.1 Å². The molecule has 2 N–H and O–H groups in total. The van der Waals surface area contributed by atoms with Crippen molar-refractivity contribution in [2.24, 2.45) is 0 Å². The van der Waals surface area contributed by atoms with Gasteiger partial charge in [0.05, 0.1) is 12.2 Å². The fourth-order valence-corrected chi connectivity index (χ4v) is 1.92. The zero-order chi connectivity index (χ0) is 15.1. The van der Waals surface area contributed by atoms with E-state index in [1.54, 1.807) is 24.3 Å². The summed E-state index contributed by atoms with van der Waals surface area (Å²) in [5.41, 5.74) is 2.39. The van der Waals surface area contributed by atoms with Crippen LogP contribution in [0.1, 0.15) is 23.6 Å². The van der Waals surface area contributed by atoms with Crippen LogP contribution in [0.15, 0.2) is 42.5 Å². The summed E-state index contributed by atoms with van der Waals surface area (Å²) in [4.78, 5) is 0. The summed E-state index contributed by atoms with van der Waals surface area (Å²) in [6.07, 6.45) is 0. The van der Waals surface area contributed by atoms with E-state index < -0.39 is 0 Å².